The summed E-state index contributed by atoms with van der Waals surface area (Å²) in [6.45, 7) is 6.10. The van der Waals surface area contributed by atoms with Crippen LogP contribution in [0.4, 0.5) is 4.79 Å². The zero-order chi connectivity index (χ0) is 21.1. The summed E-state index contributed by atoms with van der Waals surface area (Å²) in [4.78, 5) is 27.8. The van der Waals surface area contributed by atoms with Gasteiger partial charge in [-0.1, -0.05) is 24.4 Å². The number of carboxylic acid groups (broad SMARTS) is 1. The molecule has 0 unspecified atom stereocenters. The summed E-state index contributed by atoms with van der Waals surface area (Å²) < 4.78 is 11.5. The van der Waals surface area contributed by atoms with Crippen LogP contribution in [0.2, 0.25) is 0 Å². The number of ether oxygens (including phenoxy) is 2. The lowest BCUT2D eigenvalue weighted by Crippen LogP contribution is -2.46. The number of amides is 1. The Hall–Kier alpha value is -2.19. The molecule has 1 amide bonds. The lowest BCUT2D eigenvalue weighted by Gasteiger charge is -2.30. The van der Waals surface area contributed by atoms with Gasteiger partial charge in [-0.05, 0) is 38.5 Å². The van der Waals surface area contributed by atoms with Crippen molar-refractivity contribution in [3.8, 4) is 0 Å². The quantitative estimate of drug-likeness (QED) is 0.750. The molecule has 1 saturated heterocycles. The van der Waals surface area contributed by atoms with Crippen molar-refractivity contribution in [2.45, 2.75) is 51.5 Å². The van der Waals surface area contributed by atoms with E-state index in [1.54, 1.807) is 17.0 Å². The average Bonchev–Trinajstić information content (AvgIpc) is 3.02. The number of carboxylic acids is 1. The molecule has 0 aromatic heterocycles. The van der Waals surface area contributed by atoms with Crippen molar-refractivity contribution in [1.29, 1.82) is 0 Å². The number of rotatable bonds is 5. The Morgan fingerprint density at radius 1 is 1.32 bits per heavy atom. The summed E-state index contributed by atoms with van der Waals surface area (Å²) in [7, 11) is 3.70. The molecular weight excluding hydrogens is 380 g/mol. The molecule has 154 valence electrons. The van der Waals surface area contributed by atoms with Gasteiger partial charge in [-0.25, -0.2) is 9.59 Å². The third kappa shape index (κ3) is 5.90. The number of hydrogen-bond acceptors (Lipinski definition) is 5. The highest BCUT2D eigenvalue weighted by Gasteiger charge is 2.40. The van der Waals surface area contributed by atoms with Crippen molar-refractivity contribution < 1.29 is 24.2 Å². The molecule has 1 fully saturated rings. The van der Waals surface area contributed by atoms with Crippen LogP contribution in [0.15, 0.2) is 24.3 Å². The highest BCUT2D eigenvalue weighted by atomic mass is 32.1. The lowest BCUT2D eigenvalue weighted by molar-refractivity contribution is 0.0168. The molecule has 1 heterocycles. The van der Waals surface area contributed by atoms with Gasteiger partial charge in [0.25, 0.3) is 0 Å². The Kier molecular flexibility index (Phi) is 7.01. The van der Waals surface area contributed by atoms with E-state index in [0.717, 1.165) is 5.56 Å². The molecule has 0 spiro atoms. The number of hydrogen-bond donors (Lipinski definition) is 1. The van der Waals surface area contributed by atoms with E-state index >= 15 is 0 Å². The number of thiocarbonyl (C=S) groups is 1. The molecule has 2 atom stereocenters. The van der Waals surface area contributed by atoms with Gasteiger partial charge in [0.1, 0.15) is 10.6 Å². The van der Waals surface area contributed by atoms with Gasteiger partial charge in [0.05, 0.1) is 30.9 Å². The maximum absolute atomic E-state index is 12.6. The van der Waals surface area contributed by atoms with Gasteiger partial charge < -0.3 is 19.5 Å². The second-order valence-electron chi connectivity index (χ2n) is 8.06. The highest BCUT2D eigenvalue weighted by Crippen LogP contribution is 2.26. The van der Waals surface area contributed by atoms with E-state index in [0.29, 0.717) is 18.0 Å². The summed E-state index contributed by atoms with van der Waals surface area (Å²) in [5.41, 5.74) is 0.384. The van der Waals surface area contributed by atoms with E-state index < -0.39 is 17.7 Å². The van der Waals surface area contributed by atoms with Crippen molar-refractivity contribution in [3.63, 3.8) is 0 Å². The van der Waals surface area contributed by atoms with Gasteiger partial charge >= 0.3 is 12.1 Å². The first kappa shape index (κ1) is 22.1. The van der Waals surface area contributed by atoms with Crippen LogP contribution in [0, 0.1) is 0 Å². The van der Waals surface area contributed by atoms with Crippen LogP contribution in [0.5, 0.6) is 0 Å². The molecule has 1 aliphatic rings. The molecule has 7 nitrogen and oxygen atoms in total. The van der Waals surface area contributed by atoms with E-state index in [-0.39, 0.29) is 24.3 Å². The van der Waals surface area contributed by atoms with Crippen LogP contribution in [0.3, 0.4) is 0 Å². The molecule has 0 saturated carbocycles. The molecule has 8 heteroatoms. The minimum absolute atomic E-state index is 0.217. The van der Waals surface area contributed by atoms with Crippen LogP contribution in [0.1, 0.15) is 43.1 Å². The number of aromatic carboxylic acids is 1. The van der Waals surface area contributed by atoms with Gasteiger partial charge in [-0.2, -0.15) is 0 Å². The van der Waals surface area contributed by atoms with E-state index in [2.05, 4.69) is 0 Å². The minimum atomic E-state index is -0.977. The molecule has 0 radical (unpaired) electrons. The van der Waals surface area contributed by atoms with Crippen LogP contribution < -0.4 is 0 Å². The van der Waals surface area contributed by atoms with Crippen LogP contribution in [-0.2, 0) is 16.1 Å². The number of likely N-dealkylation sites (tertiary alicyclic amines) is 1. The van der Waals surface area contributed by atoms with Crippen LogP contribution >= 0.6 is 12.2 Å². The predicted octanol–water partition coefficient (Wildman–Crippen LogP) is 3.17. The molecular formula is C20H28N2O5S. The summed E-state index contributed by atoms with van der Waals surface area (Å²) in [6, 6.07) is 6.35. The maximum atomic E-state index is 12.6. The fraction of sp³-hybridized carbons (Fsp3) is 0.550. The van der Waals surface area contributed by atoms with Gasteiger partial charge in [-0.15, -0.1) is 0 Å². The Balaban J connectivity index is 2.08. The zero-order valence-corrected chi connectivity index (χ0v) is 17.8. The maximum Gasteiger partial charge on any atom is 0.410 e. The highest BCUT2D eigenvalue weighted by molar-refractivity contribution is 7.80. The Labute approximate surface area is 171 Å². The third-order valence-corrected chi connectivity index (χ3v) is 4.91. The van der Waals surface area contributed by atoms with E-state index in [1.165, 1.54) is 6.07 Å². The fourth-order valence-corrected chi connectivity index (χ4v) is 3.20. The van der Waals surface area contributed by atoms with Gasteiger partial charge in [0.2, 0.25) is 0 Å². The van der Waals surface area contributed by atoms with Crippen LogP contribution in [-0.4, -0.2) is 70.3 Å². The summed E-state index contributed by atoms with van der Waals surface area (Å²) in [6.07, 6.45) is -0.0703. The molecule has 1 N–H and O–H groups in total. The number of carbonyl (C=O) groups is 2. The number of nitrogens with zero attached hydrogens (tertiary/aromatic N) is 2. The van der Waals surface area contributed by atoms with Gasteiger partial charge in [-0.3, -0.25) is 4.90 Å². The van der Waals surface area contributed by atoms with Crippen molar-refractivity contribution in [2.24, 2.45) is 0 Å². The molecule has 1 aromatic rings. The minimum Gasteiger partial charge on any atom is -0.478 e. The number of likely N-dealkylation sites (N-methyl/N-ethyl adjacent to an activating group) is 1. The summed E-state index contributed by atoms with van der Waals surface area (Å²) in [5, 5.41) is 9.11. The van der Waals surface area contributed by atoms with Crippen LogP contribution in [0.25, 0.3) is 0 Å². The second kappa shape index (κ2) is 8.87. The molecule has 1 aliphatic heterocycles. The first-order valence-electron chi connectivity index (χ1n) is 9.12. The van der Waals surface area contributed by atoms with Gasteiger partial charge in [0.15, 0.2) is 0 Å². The Morgan fingerprint density at radius 2 is 2.00 bits per heavy atom. The Bertz CT molecular complexity index is 744. The van der Waals surface area contributed by atoms with Gasteiger partial charge in [0, 0.05) is 20.5 Å². The topological polar surface area (TPSA) is 79.3 Å². The zero-order valence-electron chi connectivity index (χ0n) is 17.0. The summed E-state index contributed by atoms with van der Waals surface area (Å²) >= 11 is 5.51. The number of benzene rings is 1. The predicted molar refractivity (Wildman–Crippen MR) is 110 cm³/mol. The molecule has 1 aromatic carbocycles. The molecule has 28 heavy (non-hydrogen) atoms. The average molecular weight is 409 g/mol. The standard InChI is InChI=1S/C20H28N2O5S/c1-20(2,3)27-19(25)22-11-15(10-16(22)17(28)21(4)5)26-12-13-7-6-8-14(9-13)18(23)24/h6-9,15-16H,10-12H2,1-5H3,(H,23,24)/t15-,16+/m1/s1. The number of carbonyl (C=O) groups excluding carboxylic acids is 1. The first-order chi connectivity index (χ1) is 13.0. The molecule has 2 rings (SSSR count). The molecule has 0 aliphatic carbocycles. The van der Waals surface area contributed by atoms with Crippen molar-refractivity contribution >= 4 is 29.3 Å². The third-order valence-electron chi connectivity index (χ3n) is 4.28. The van der Waals surface area contributed by atoms with Crippen molar-refractivity contribution in [2.75, 3.05) is 20.6 Å². The van der Waals surface area contributed by atoms with Crippen molar-refractivity contribution in [3.05, 3.63) is 35.4 Å². The molecule has 0 bridgehead atoms. The SMILES string of the molecule is CN(C)C(=S)[C@@H]1C[C@@H](OCc2cccc(C(=O)O)c2)CN1C(=O)OC(C)(C)C. The second-order valence-corrected chi connectivity index (χ2v) is 8.47. The Morgan fingerprint density at radius 3 is 2.57 bits per heavy atom. The lowest BCUT2D eigenvalue weighted by atomic mass is 10.1. The van der Waals surface area contributed by atoms with E-state index in [9.17, 15) is 9.59 Å². The first-order valence-corrected chi connectivity index (χ1v) is 9.53. The van der Waals surface area contributed by atoms with E-state index in [1.807, 2.05) is 45.8 Å². The van der Waals surface area contributed by atoms with Crippen molar-refractivity contribution in [1.82, 2.24) is 9.80 Å². The smallest absolute Gasteiger partial charge is 0.410 e. The largest absolute Gasteiger partial charge is 0.478 e. The normalized spacial score (nSPS) is 19.4. The fourth-order valence-electron chi connectivity index (χ4n) is 2.98. The van der Waals surface area contributed by atoms with E-state index in [4.69, 9.17) is 26.8 Å². The monoisotopic (exact) mass is 408 g/mol. The summed E-state index contributed by atoms with van der Waals surface area (Å²) in [5.74, 6) is -0.977.